The van der Waals surface area contributed by atoms with E-state index >= 15 is 0 Å². The van der Waals surface area contributed by atoms with Gasteiger partial charge in [-0.05, 0) is 55.4 Å². The molecular weight excluding hydrogens is 479 g/mol. The summed E-state index contributed by atoms with van der Waals surface area (Å²) in [4.78, 5) is 9.03. The van der Waals surface area contributed by atoms with Gasteiger partial charge in [-0.3, -0.25) is 0 Å². The third kappa shape index (κ3) is 8.47. The molecule has 0 spiro atoms. The summed E-state index contributed by atoms with van der Waals surface area (Å²) in [5, 5.41) is 6.66. The Hall–Kier alpha value is -2.03. The van der Waals surface area contributed by atoms with E-state index in [1.807, 2.05) is 30.5 Å². The maximum absolute atomic E-state index is 5.68. The van der Waals surface area contributed by atoms with Gasteiger partial charge >= 0.3 is 0 Å². The van der Waals surface area contributed by atoms with Gasteiger partial charge in [0.25, 0.3) is 0 Å². The number of hydrogen-bond acceptors (Lipinski definition) is 4. The Morgan fingerprint density at radius 1 is 1.10 bits per heavy atom. The second-order valence-electron chi connectivity index (χ2n) is 6.98. The van der Waals surface area contributed by atoms with E-state index in [1.54, 1.807) is 7.11 Å². The van der Waals surface area contributed by atoms with Crippen LogP contribution in [0.5, 0.6) is 11.6 Å². The van der Waals surface area contributed by atoms with Crippen LogP contribution in [0, 0.1) is 5.92 Å². The molecule has 1 aliphatic carbocycles. The molecule has 1 aliphatic rings. The minimum atomic E-state index is 0. The average Bonchev–Trinajstić information content (AvgIpc) is 3.56. The number of rotatable bonds is 10. The van der Waals surface area contributed by atoms with Crippen LogP contribution in [0.15, 0.2) is 47.6 Å². The maximum Gasteiger partial charge on any atom is 0.213 e. The number of aromatic nitrogens is 1. The van der Waals surface area contributed by atoms with E-state index in [1.165, 1.54) is 18.4 Å². The van der Waals surface area contributed by atoms with E-state index in [4.69, 9.17) is 9.47 Å². The molecule has 1 saturated carbocycles. The largest absolute Gasteiger partial charge is 0.497 e. The van der Waals surface area contributed by atoms with Gasteiger partial charge in [0.05, 0.1) is 20.3 Å². The fraction of sp³-hybridized carbons (Fsp3) is 0.455. The molecule has 2 N–H and O–H groups in total. The molecule has 0 bridgehead atoms. The van der Waals surface area contributed by atoms with Crippen molar-refractivity contribution >= 4 is 29.9 Å². The molecule has 29 heavy (non-hydrogen) atoms. The molecule has 6 nitrogen and oxygen atoms in total. The van der Waals surface area contributed by atoms with Crippen molar-refractivity contribution in [2.75, 3.05) is 26.8 Å². The summed E-state index contributed by atoms with van der Waals surface area (Å²) in [6.45, 7) is 5.06. The third-order valence-electron chi connectivity index (χ3n) is 4.59. The van der Waals surface area contributed by atoms with E-state index in [0.29, 0.717) is 12.4 Å². The summed E-state index contributed by atoms with van der Waals surface area (Å²) in [5.74, 6) is 3.12. The number of ether oxygens (including phenoxy) is 2. The smallest absolute Gasteiger partial charge is 0.213 e. The minimum Gasteiger partial charge on any atom is -0.497 e. The highest BCUT2D eigenvalue weighted by Crippen LogP contribution is 2.29. The second-order valence-corrected chi connectivity index (χ2v) is 6.98. The Morgan fingerprint density at radius 2 is 1.86 bits per heavy atom. The van der Waals surface area contributed by atoms with Crippen molar-refractivity contribution in [1.29, 1.82) is 0 Å². The van der Waals surface area contributed by atoms with Crippen LogP contribution < -0.4 is 20.1 Å². The number of nitrogens with one attached hydrogen (secondary N) is 2. The lowest BCUT2D eigenvalue weighted by atomic mass is 10.1. The highest BCUT2D eigenvalue weighted by molar-refractivity contribution is 14.0. The van der Waals surface area contributed by atoms with Gasteiger partial charge in [0.1, 0.15) is 5.75 Å². The number of aliphatic imine (C=N–C) groups is 1. The zero-order chi connectivity index (χ0) is 19.6. The molecule has 158 valence electrons. The lowest BCUT2D eigenvalue weighted by Gasteiger charge is -2.11. The lowest BCUT2D eigenvalue weighted by Crippen LogP contribution is -2.38. The van der Waals surface area contributed by atoms with Gasteiger partial charge in [0.2, 0.25) is 5.88 Å². The summed E-state index contributed by atoms with van der Waals surface area (Å²) in [7, 11) is 1.68. The van der Waals surface area contributed by atoms with Gasteiger partial charge in [-0.15, -0.1) is 24.0 Å². The van der Waals surface area contributed by atoms with Crippen LogP contribution in [0.25, 0.3) is 0 Å². The van der Waals surface area contributed by atoms with Crippen LogP contribution >= 0.6 is 24.0 Å². The second kappa shape index (κ2) is 12.5. The van der Waals surface area contributed by atoms with Crippen LogP contribution in [-0.4, -0.2) is 37.7 Å². The molecule has 1 fully saturated rings. The average molecular weight is 510 g/mol. The number of nitrogens with zero attached hydrogens (tertiary/aromatic N) is 2. The first-order valence-corrected chi connectivity index (χ1v) is 9.99. The van der Waals surface area contributed by atoms with Crippen LogP contribution in [0.2, 0.25) is 0 Å². The SMILES string of the molecule is CCNC(=NCc1ccc(OCC2CC2)nc1)NCCc1ccc(OC)cc1.I. The van der Waals surface area contributed by atoms with Crippen LogP contribution in [0.4, 0.5) is 0 Å². The predicted molar refractivity (Wildman–Crippen MR) is 127 cm³/mol. The Bertz CT molecular complexity index is 746. The molecule has 0 unspecified atom stereocenters. The van der Waals surface area contributed by atoms with E-state index < -0.39 is 0 Å². The predicted octanol–water partition coefficient (Wildman–Crippen LogP) is 3.79. The lowest BCUT2D eigenvalue weighted by molar-refractivity contribution is 0.288. The zero-order valence-electron chi connectivity index (χ0n) is 17.2. The van der Waals surface area contributed by atoms with E-state index in [2.05, 4.69) is 39.7 Å². The molecule has 7 heteroatoms. The summed E-state index contributed by atoms with van der Waals surface area (Å²) in [5.41, 5.74) is 2.32. The van der Waals surface area contributed by atoms with Gasteiger partial charge < -0.3 is 20.1 Å². The molecular formula is C22H31IN4O2. The molecule has 2 aromatic rings. The zero-order valence-corrected chi connectivity index (χ0v) is 19.5. The van der Waals surface area contributed by atoms with Crippen molar-refractivity contribution in [1.82, 2.24) is 15.6 Å². The first-order valence-electron chi connectivity index (χ1n) is 9.99. The fourth-order valence-corrected chi connectivity index (χ4v) is 2.71. The molecule has 0 amide bonds. The van der Waals surface area contributed by atoms with Crippen LogP contribution in [0.3, 0.4) is 0 Å². The van der Waals surface area contributed by atoms with E-state index in [-0.39, 0.29) is 24.0 Å². The van der Waals surface area contributed by atoms with E-state index in [9.17, 15) is 0 Å². The van der Waals surface area contributed by atoms with Crippen molar-refractivity contribution in [2.45, 2.75) is 32.7 Å². The van der Waals surface area contributed by atoms with Crippen LogP contribution in [0.1, 0.15) is 30.9 Å². The van der Waals surface area contributed by atoms with Gasteiger partial charge in [0.15, 0.2) is 5.96 Å². The van der Waals surface area contributed by atoms with E-state index in [0.717, 1.165) is 49.3 Å². The van der Waals surface area contributed by atoms with Crippen LogP contribution in [-0.2, 0) is 13.0 Å². The number of guanidine groups is 1. The standard InChI is InChI=1S/C22H30N4O2.HI/c1-3-23-22(24-13-12-17-6-9-20(27-2)10-7-17)26-15-19-8-11-21(25-14-19)28-16-18-4-5-18;/h6-11,14,18H,3-5,12-13,15-16H2,1-2H3,(H2,23,24,26);1H. The summed E-state index contributed by atoms with van der Waals surface area (Å²) in [6.07, 6.45) is 5.33. The molecule has 0 saturated heterocycles. The molecule has 1 heterocycles. The third-order valence-corrected chi connectivity index (χ3v) is 4.59. The highest BCUT2D eigenvalue weighted by Gasteiger charge is 2.21. The number of hydrogen-bond donors (Lipinski definition) is 2. The topological polar surface area (TPSA) is 67.8 Å². The first kappa shape index (κ1) is 23.3. The molecule has 0 radical (unpaired) electrons. The quantitative estimate of drug-likeness (QED) is 0.289. The van der Waals surface area contributed by atoms with Crippen molar-refractivity contribution in [3.63, 3.8) is 0 Å². The Labute approximate surface area is 190 Å². The number of methoxy groups -OCH3 is 1. The maximum atomic E-state index is 5.68. The molecule has 3 rings (SSSR count). The monoisotopic (exact) mass is 510 g/mol. The first-order chi connectivity index (χ1) is 13.8. The van der Waals surface area contributed by atoms with Gasteiger partial charge in [0, 0.05) is 25.4 Å². The Balaban J connectivity index is 0.00000300. The highest BCUT2D eigenvalue weighted by atomic mass is 127. The van der Waals surface area contributed by atoms with Crippen molar-refractivity contribution in [3.05, 3.63) is 53.7 Å². The van der Waals surface area contributed by atoms with Gasteiger partial charge in [-0.1, -0.05) is 18.2 Å². The molecule has 1 aromatic heterocycles. The van der Waals surface area contributed by atoms with Crippen molar-refractivity contribution in [2.24, 2.45) is 10.9 Å². The summed E-state index contributed by atoms with van der Waals surface area (Å²) in [6, 6.07) is 12.1. The Kier molecular flexibility index (Phi) is 10.0. The normalized spacial score (nSPS) is 13.4. The fourth-order valence-electron chi connectivity index (χ4n) is 2.71. The minimum absolute atomic E-state index is 0. The number of pyridine rings is 1. The van der Waals surface area contributed by atoms with Crippen molar-refractivity contribution in [3.8, 4) is 11.6 Å². The number of halogens is 1. The van der Waals surface area contributed by atoms with Gasteiger partial charge in [-0.25, -0.2) is 9.98 Å². The molecule has 0 atom stereocenters. The number of benzene rings is 1. The Morgan fingerprint density at radius 3 is 2.48 bits per heavy atom. The van der Waals surface area contributed by atoms with Crippen molar-refractivity contribution < 1.29 is 9.47 Å². The molecule has 1 aromatic carbocycles. The summed E-state index contributed by atoms with van der Waals surface area (Å²) >= 11 is 0. The van der Waals surface area contributed by atoms with Gasteiger partial charge in [-0.2, -0.15) is 0 Å². The molecule has 0 aliphatic heterocycles. The summed E-state index contributed by atoms with van der Waals surface area (Å²) < 4.78 is 10.9.